The van der Waals surface area contributed by atoms with Crippen LogP contribution in [0.3, 0.4) is 0 Å². The molecule has 108 valence electrons. The molecule has 0 aliphatic carbocycles. The molecule has 0 saturated heterocycles. The van der Waals surface area contributed by atoms with Gasteiger partial charge in [-0.15, -0.1) is 5.10 Å². The Hall–Kier alpha value is -2.77. The Balaban J connectivity index is 2.11. The number of rotatable bonds is 3. The average molecular weight is 284 g/mol. The summed E-state index contributed by atoms with van der Waals surface area (Å²) >= 11 is 0. The maximum Gasteiger partial charge on any atom is 0.220 e. The second kappa shape index (κ2) is 4.97. The lowest BCUT2D eigenvalue weighted by atomic mass is 10.1. The summed E-state index contributed by atoms with van der Waals surface area (Å²) in [5.41, 5.74) is 10.2. The van der Waals surface area contributed by atoms with E-state index in [0.29, 0.717) is 6.54 Å². The highest BCUT2D eigenvalue weighted by Gasteiger charge is 2.17. The van der Waals surface area contributed by atoms with Gasteiger partial charge in [-0.25, -0.2) is 14.6 Å². The van der Waals surface area contributed by atoms with Crippen LogP contribution >= 0.6 is 0 Å². The molecular formula is C13H16N8. The maximum absolute atomic E-state index is 5.74. The lowest BCUT2D eigenvalue weighted by Crippen LogP contribution is -2.04. The molecule has 3 rings (SSSR count). The van der Waals surface area contributed by atoms with Crippen molar-refractivity contribution in [1.29, 1.82) is 0 Å². The molecule has 0 aliphatic heterocycles. The van der Waals surface area contributed by atoms with E-state index >= 15 is 0 Å². The maximum atomic E-state index is 5.74. The van der Waals surface area contributed by atoms with Crippen LogP contribution in [0.4, 0.5) is 5.95 Å². The highest BCUT2D eigenvalue weighted by atomic mass is 15.4. The predicted octanol–water partition coefficient (Wildman–Crippen LogP) is 0.716. The summed E-state index contributed by atoms with van der Waals surface area (Å²) in [5, 5.41) is 12.4. The van der Waals surface area contributed by atoms with E-state index in [1.807, 2.05) is 37.8 Å². The molecule has 0 atom stereocenters. The molecule has 0 unspecified atom stereocenters. The summed E-state index contributed by atoms with van der Waals surface area (Å²) in [5.74, 6) is 0.250. The minimum atomic E-state index is 0.250. The molecule has 0 aromatic carbocycles. The first-order valence-corrected chi connectivity index (χ1v) is 6.52. The normalized spacial score (nSPS) is 11.0. The number of hydrogen-bond acceptors (Lipinski definition) is 6. The minimum Gasteiger partial charge on any atom is -0.368 e. The number of anilines is 1. The highest BCUT2D eigenvalue weighted by molar-refractivity contribution is 5.61. The Morgan fingerprint density at radius 3 is 2.71 bits per heavy atom. The molecule has 3 aromatic heterocycles. The van der Waals surface area contributed by atoms with Crippen molar-refractivity contribution in [2.75, 3.05) is 5.73 Å². The Morgan fingerprint density at radius 2 is 2.05 bits per heavy atom. The molecule has 3 aromatic rings. The topological polar surface area (TPSA) is 100 Å². The van der Waals surface area contributed by atoms with E-state index in [9.17, 15) is 0 Å². The van der Waals surface area contributed by atoms with E-state index in [1.165, 1.54) is 0 Å². The number of hydrogen-bond donors (Lipinski definition) is 1. The van der Waals surface area contributed by atoms with E-state index in [4.69, 9.17) is 5.73 Å². The average Bonchev–Trinajstić information content (AvgIpc) is 3.01. The first kappa shape index (κ1) is 13.2. The smallest absolute Gasteiger partial charge is 0.220 e. The van der Waals surface area contributed by atoms with Gasteiger partial charge in [0.1, 0.15) is 5.69 Å². The van der Waals surface area contributed by atoms with E-state index in [1.54, 1.807) is 10.9 Å². The summed E-state index contributed by atoms with van der Waals surface area (Å²) in [6.07, 6.45) is 3.47. The van der Waals surface area contributed by atoms with Gasteiger partial charge in [-0.05, 0) is 19.9 Å². The standard InChI is InChI=1S/C13H16N8/c1-8-6-11(17-13(14)16-8)12-10(9(2)20(3)18-12)7-21-5-4-15-19-21/h4-6H,7H2,1-3H3,(H2,14,16,17). The second-order valence-electron chi connectivity index (χ2n) is 4.89. The van der Waals surface area contributed by atoms with Gasteiger partial charge in [-0.2, -0.15) is 5.10 Å². The van der Waals surface area contributed by atoms with Gasteiger partial charge in [0.2, 0.25) is 5.95 Å². The quantitative estimate of drug-likeness (QED) is 0.760. The predicted molar refractivity (Wildman–Crippen MR) is 77.2 cm³/mol. The molecule has 3 heterocycles. The fourth-order valence-corrected chi connectivity index (χ4v) is 2.24. The molecule has 0 bridgehead atoms. The van der Waals surface area contributed by atoms with Crippen molar-refractivity contribution in [3.05, 3.63) is 35.4 Å². The van der Waals surface area contributed by atoms with Gasteiger partial charge in [0.25, 0.3) is 0 Å². The molecule has 0 saturated carbocycles. The zero-order chi connectivity index (χ0) is 15.0. The van der Waals surface area contributed by atoms with Crippen LogP contribution in [0, 0.1) is 13.8 Å². The van der Waals surface area contributed by atoms with Gasteiger partial charge >= 0.3 is 0 Å². The van der Waals surface area contributed by atoms with Crippen molar-refractivity contribution >= 4 is 5.95 Å². The minimum absolute atomic E-state index is 0.250. The summed E-state index contributed by atoms with van der Waals surface area (Å²) in [6, 6.07) is 1.88. The zero-order valence-corrected chi connectivity index (χ0v) is 12.1. The summed E-state index contributed by atoms with van der Waals surface area (Å²) < 4.78 is 3.58. The summed E-state index contributed by atoms with van der Waals surface area (Å²) in [6.45, 7) is 4.48. The third-order valence-electron chi connectivity index (χ3n) is 3.36. The first-order valence-electron chi connectivity index (χ1n) is 6.52. The van der Waals surface area contributed by atoms with Crippen LogP contribution in [0.1, 0.15) is 17.0 Å². The van der Waals surface area contributed by atoms with Crippen molar-refractivity contribution in [1.82, 2.24) is 34.7 Å². The Kier molecular flexibility index (Phi) is 3.13. The number of nitrogens with zero attached hydrogens (tertiary/aromatic N) is 7. The second-order valence-corrected chi connectivity index (χ2v) is 4.89. The van der Waals surface area contributed by atoms with Gasteiger partial charge in [0.15, 0.2) is 0 Å². The molecule has 0 spiro atoms. The van der Waals surface area contributed by atoms with E-state index in [-0.39, 0.29) is 5.95 Å². The van der Waals surface area contributed by atoms with Crippen LogP contribution in [-0.4, -0.2) is 34.7 Å². The zero-order valence-electron chi connectivity index (χ0n) is 12.1. The molecular weight excluding hydrogens is 268 g/mol. The van der Waals surface area contributed by atoms with Crippen molar-refractivity contribution in [2.45, 2.75) is 20.4 Å². The van der Waals surface area contributed by atoms with Gasteiger partial charge in [0, 0.05) is 30.2 Å². The SMILES string of the molecule is Cc1cc(-c2nn(C)c(C)c2Cn2ccnn2)nc(N)n1. The van der Waals surface area contributed by atoms with E-state index in [2.05, 4.69) is 25.4 Å². The number of nitrogen functional groups attached to an aromatic ring is 1. The third-order valence-corrected chi connectivity index (χ3v) is 3.36. The largest absolute Gasteiger partial charge is 0.368 e. The molecule has 2 N–H and O–H groups in total. The lowest BCUT2D eigenvalue weighted by Gasteiger charge is -2.05. The Morgan fingerprint density at radius 1 is 1.24 bits per heavy atom. The first-order chi connectivity index (χ1) is 10.0. The fourth-order valence-electron chi connectivity index (χ4n) is 2.24. The molecule has 0 aliphatic rings. The molecule has 8 heteroatoms. The van der Waals surface area contributed by atoms with Crippen LogP contribution in [-0.2, 0) is 13.6 Å². The van der Waals surface area contributed by atoms with Crippen LogP contribution in [0.25, 0.3) is 11.4 Å². The Bertz CT molecular complexity index is 752. The monoisotopic (exact) mass is 284 g/mol. The number of aromatic nitrogens is 7. The lowest BCUT2D eigenvalue weighted by molar-refractivity contribution is 0.645. The van der Waals surface area contributed by atoms with Crippen molar-refractivity contribution in [2.24, 2.45) is 7.05 Å². The summed E-state index contributed by atoms with van der Waals surface area (Å²) in [4.78, 5) is 8.39. The van der Waals surface area contributed by atoms with Crippen LogP contribution in [0.5, 0.6) is 0 Å². The van der Waals surface area contributed by atoms with Crippen LogP contribution in [0.2, 0.25) is 0 Å². The van der Waals surface area contributed by atoms with E-state index < -0.39 is 0 Å². The van der Waals surface area contributed by atoms with E-state index in [0.717, 1.165) is 28.3 Å². The molecule has 0 fully saturated rings. The molecule has 0 amide bonds. The third kappa shape index (κ3) is 2.47. The highest BCUT2D eigenvalue weighted by Crippen LogP contribution is 2.25. The van der Waals surface area contributed by atoms with Gasteiger partial charge in [-0.1, -0.05) is 5.21 Å². The molecule has 0 radical (unpaired) electrons. The van der Waals surface area contributed by atoms with Crippen LogP contribution in [0.15, 0.2) is 18.5 Å². The van der Waals surface area contributed by atoms with Crippen molar-refractivity contribution in [3.8, 4) is 11.4 Å². The Labute approximate surface area is 121 Å². The summed E-state index contributed by atoms with van der Waals surface area (Å²) in [7, 11) is 1.90. The van der Waals surface area contributed by atoms with Crippen molar-refractivity contribution in [3.63, 3.8) is 0 Å². The molecule has 8 nitrogen and oxygen atoms in total. The fraction of sp³-hybridized carbons (Fsp3) is 0.308. The number of nitrogens with two attached hydrogens (primary N) is 1. The number of aryl methyl sites for hydroxylation is 2. The van der Waals surface area contributed by atoms with Crippen LogP contribution < -0.4 is 5.73 Å². The van der Waals surface area contributed by atoms with Crippen molar-refractivity contribution < 1.29 is 0 Å². The molecule has 21 heavy (non-hydrogen) atoms. The van der Waals surface area contributed by atoms with Gasteiger partial charge in [0.05, 0.1) is 18.4 Å². The van der Waals surface area contributed by atoms with Gasteiger partial charge in [-0.3, -0.25) is 4.68 Å². The van der Waals surface area contributed by atoms with Gasteiger partial charge < -0.3 is 5.73 Å².